The van der Waals surface area contributed by atoms with Crippen LogP contribution in [0, 0.1) is 6.92 Å². The van der Waals surface area contributed by atoms with Crippen LogP contribution in [0.25, 0.3) is 22.4 Å². The van der Waals surface area contributed by atoms with Gasteiger partial charge in [-0.3, -0.25) is 10.4 Å². The number of nitrogens with one attached hydrogen (secondary N) is 1. The molecule has 2 heterocycles. The number of hydrogen-bond acceptors (Lipinski definition) is 6. The van der Waals surface area contributed by atoms with Gasteiger partial charge in [0.1, 0.15) is 0 Å². The highest BCUT2D eigenvalue weighted by Gasteiger charge is 2.18. The van der Waals surface area contributed by atoms with Crippen LogP contribution in [0.1, 0.15) is 5.56 Å². The predicted molar refractivity (Wildman–Crippen MR) is 105 cm³/mol. The van der Waals surface area contributed by atoms with Crippen molar-refractivity contribution in [1.82, 2.24) is 15.0 Å². The van der Waals surface area contributed by atoms with Gasteiger partial charge < -0.3 is 0 Å². The summed E-state index contributed by atoms with van der Waals surface area (Å²) in [5, 5.41) is 5.12. The maximum absolute atomic E-state index is 6.34. The Kier molecular flexibility index (Phi) is 5.31. The second-order valence-corrected chi connectivity index (χ2v) is 6.43. The van der Waals surface area contributed by atoms with Gasteiger partial charge in [-0.25, -0.2) is 9.97 Å². The average molecular weight is 370 g/mol. The van der Waals surface area contributed by atoms with Crippen LogP contribution in [0.3, 0.4) is 0 Å². The second kappa shape index (κ2) is 7.63. The molecule has 0 aliphatic heterocycles. The van der Waals surface area contributed by atoms with Crippen molar-refractivity contribution in [3.8, 4) is 22.4 Å². The lowest BCUT2D eigenvalue weighted by molar-refractivity contribution is 0.975. The summed E-state index contributed by atoms with van der Waals surface area (Å²) in [5.41, 5.74) is 7.34. The van der Waals surface area contributed by atoms with Gasteiger partial charge >= 0.3 is 0 Å². The average Bonchev–Trinajstić information content (AvgIpc) is 2.64. The van der Waals surface area contributed by atoms with E-state index in [1.807, 2.05) is 43.5 Å². The molecule has 0 radical (unpaired) electrons. The number of nitrogens with zero attached hydrogens (tertiary/aromatic N) is 4. The largest absolute Gasteiger partial charge is 0.265 e. The molecule has 0 saturated heterocycles. The van der Waals surface area contributed by atoms with Crippen LogP contribution in [0.4, 0.5) is 5.82 Å². The van der Waals surface area contributed by atoms with Crippen molar-refractivity contribution in [3.05, 3.63) is 53.3 Å². The van der Waals surface area contributed by atoms with E-state index in [-0.39, 0.29) is 0 Å². The number of rotatable bonds is 5. The molecule has 0 saturated carbocycles. The Hall–Kier alpha value is -2.44. The number of hydrazone groups is 1. The number of aryl methyl sites for hydroxylation is 1. The quantitative estimate of drug-likeness (QED) is 0.299. The first-order chi connectivity index (χ1) is 12.1. The van der Waals surface area contributed by atoms with Crippen molar-refractivity contribution in [2.75, 3.05) is 11.7 Å². The number of anilines is 1. The van der Waals surface area contributed by atoms with Gasteiger partial charge in [-0.1, -0.05) is 35.5 Å². The lowest BCUT2D eigenvalue weighted by Crippen LogP contribution is -2.02. The molecule has 0 spiro atoms. The highest BCUT2D eigenvalue weighted by atomic mass is 35.5. The van der Waals surface area contributed by atoms with E-state index in [1.165, 1.54) is 11.8 Å². The molecule has 0 unspecified atom stereocenters. The number of hydrogen-bond donors (Lipinski definition) is 1. The molecule has 0 aliphatic rings. The first-order valence-corrected chi connectivity index (χ1v) is 9.09. The smallest absolute Gasteiger partial charge is 0.189 e. The van der Waals surface area contributed by atoms with Gasteiger partial charge in [0.05, 0.1) is 11.3 Å². The Labute approximate surface area is 155 Å². The summed E-state index contributed by atoms with van der Waals surface area (Å²) in [5.74, 6) is 0.584. The number of halogens is 1. The Balaban J connectivity index is 2.33. The van der Waals surface area contributed by atoms with E-state index in [0.29, 0.717) is 16.0 Å². The lowest BCUT2D eigenvalue weighted by atomic mass is 9.99. The molecule has 2 aromatic heterocycles. The molecule has 25 heavy (non-hydrogen) atoms. The fourth-order valence-corrected chi connectivity index (χ4v) is 2.97. The van der Waals surface area contributed by atoms with Crippen molar-refractivity contribution in [3.63, 3.8) is 0 Å². The molecule has 0 aliphatic carbocycles. The molecule has 0 atom stereocenters. The molecule has 0 amide bonds. The maximum Gasteiger partial charge on any atom is 0.189 e. The summed E-state index contributed by atoms with van der Waals surface area (Å²) in [6.45, 7) is 5.48. The maximum atomic E-state index is 6.34. The van der Waals surface area contributed by atoms with E-state index >= 15 is 0 Å². The minimum Gasteiger partial charge on any atom is -0.265 e. The van der Waals surface area contributed by atoms with Gasteiger partial charge in [0.2, 0.25) is 0 Å². The topological polar surface area (TPSA) is 63.1 Å². The molecule has 3 rings (SSSR count). The number of benzene rings is 1. The van der Waals surface area contributed by atoms with Gasteiger partial charge in [-0.05, 0) is 42.5 Å². The number of thioether (sulfide) groups is 1. The monoisotopic (exact) mass is 369 g/mol. The molecule has 1 aromatic carbocycles. The second-order valence-electron chi connectivity index (χ2n) is 5.25. The van der Waals surface area contributed by atoms with E-state index in [1.54, 1.807) is 12.4 Å². The Morgan fingerprint density at radius 2 is 1.88 bits per heavy atom. The van der Waals surface area contributed by atoms with Crippen molar-refractivity contribution in [1.29, 1.82) is 0 Å². The first-order valence-electron chi connectivity index (χ1n) is 7.48. The van der Waals surface area contributed by atoms with Crippen LogP contribution in [0.5, 0.6) is 0 Å². The molecule has 0 bridgehead atoms. The lowest BCUT2D eigenvalue weighted by Gasteiger charge is -2.15. The van der Waals surface area contributed by atoms with Gasteiger partial charge in [0, 0.05) is 29.7 Å². The van der Waals surface area contributed by atoms with Crippen LogP contribution in [0.2, 0.25) is 5.02 Å². The molecule has 126 valence electrons. The number of pyridine rings is 1. The van der Waals surface area contributed by atoms with Crippen molar-refractivity contribution < 1.29 is 0 Å². The Morgan fingerprint density at radius 1 is 1.12 bits per heavy atom. The summed E-state index contributed by atoms with van der Waals surface area (Å²) < 4.78 is 0. The van der Waals surface area contributed by atoms with Gasteiger partial charge in [0.15, 0.2) is 11.0 Å². The molecule has 1 N–H and O–H groups in total. The van der Waals surface area contributed by atoms with Gasteiger partial charge in [0.25, 0.3) is 0 Å². The summed E-state index contributed by atoms with van der Waals surface area (Å²) in [7, 11) is 0. The third-order valence-electron chi connectivity index (χ3n) is 3.67. The fraction of sp³-hybridized carbons (Fsp3) is 0.111. The summed E-state index contributed by atoms with van der Waals surface area (Å²) >= 11 is 7.80. The molecule has 0 fully saturated rings. The minimum atomic E-state index is 0.584. The van der Waals surface area contributed by atoms with E-state index in [2.05, 4.69) is 27.2 Å². The third-order valence-corrected chi connectivity index (χ3v) is 4.63. The minimum absolute atomic E-state index is 0.584. The normalized spacial score (nSPS) is 10.5. The predicted octanol–water partition coefficient (Wildman–Crippen LogP) is 4.92. The van der Waals surface area contributed by atoms with E-state index in [9.17, 15) is 0 Å². The van der Waals surface area contributed by atoms with E-state index in [0.717, 1.165) is 27.9 Å². The zero-order valence-electron chi connectivity index (χ0n) is 13.8. The first kappa shape index (κ1) is 17.4. The summed E-state index contributed by atoms with van der Waals surface area (Å²) in [6, 6.07) is 9.71. The summed E-state index contributed by atoms with van der Waals surface area (Å²) in [4.78, 5) is 13.3. The Morgan fingerprint density at radius 3 is 2.52 bits per heavy atom. The van der Waals surface area contributed by atoms with Crippen LogP contribution in [-0.4, -0.2) is 27.9 Å². The van der Waals surface area contributed by atoms with E-state index in [4.69, 9.17) is 16.6 Å². The van der Waals surface area contributed by atoms with Crippen LogP contribution in [0.15, 0.2) is 53.0 Å². The third kappa shape index (κ3) is 3.65. The molecular formula is C18H16ClN5S. The standard InChI is InChI=1S/C18H16ClN5S/c1-11-4-5-13(10-14(11)19)15-16(12-6-8-21-9-7-12)22-18(25-3)23-17(15)24-20-2/h4-10H,2H2,1,3H3,(H,22,23,24). The molecule has 3 aromatic rings. The SMILES string of the molecule is C=NNc1nc(SC)nc(-c2ccncc2)c1-c1ccc(C)c(Cl)c1. The highest BCUT2D eigenvalue weighted by Crippen LogP contribution is 2.38. The fourth-order valence-electron chi connectivity index (χ4n) is 2.43. The number of aromatic nitrogens is 3. The van der Waals surface area contributed by atoms with Gasteiger partial charge in [-0.15, -0.1) is 0 Å². The zero-order valence-corrected chi connectivity index (χ0v) is 15.4. The van der Waals surface area contributed by atoms with Gasteiger partial charge in [-0.2, -0.15) is 5.10 Å². The summed E-state index contributed by atoms with van der Waals surface area (Å²) in [6.07, 6.45) is 5.40. The van der Waals surface area contributed by atoms with Crippen molar-refractivity contribution in [2.24, 2.45) is 5.10 Å². The Bertz CT molecular complexity index is 915. The van der Waals surface area contributed by atoms with Crippen LogP contribution >= 0.6 is 23.4 Å². The van der Waals surface area contributed by atoms with E-state index < -0.39 is 0 Å². The van der Waals surface area contributed by atoms with Crippen LogP contribution in [-0.2, 0) is 0 Å². The van der Waals surface area contributed by atoms with Crippen molar-refractivity contribution >= 4 is 35.9 Å². The van der Waals surface area contributed by atoms with Crippen LogP contribution < -0.4 is 5.43 Å². The molecule has 7 heteroatoms. The highest BCUT2D eigenvalue weighted by molar-refractivity contribution is 7.98. The van der Waals surface area contributed by atoms with Crippen molar-refractivity contribution in [2.45, 2.75) is 12.1 Å². The zero-order chi connectivity index (χ0) is 17.8. The molecule has 5 nitrogen and oxygen atoms in total. The molecular weight excluding hydrogens is 354 g/mol.